The number of nitrogens with one attached hydrogen (secondary N) is 2. The number of aromatic hydroxyl groups is 2. The third-order valence-corrected chi connectivity index (χ3v) is 11.7. The number of phenolic OH excluding ortho intramolecular Hbond substituents is 2. The second kappa shape index (κ2) is 29.0. The number of azo groups is 2. The number of anilines is 2. The number of aliphatic hydroxyl groups excluding tert-OH is 3. The average molecular weight is 1060 g/mol. The Hall–Kier alpha value is -6.08. The number of carbonyl (C=O) groups excluding carboxylic acids is 1. The monoisotopic (exact) mass is 1060 g/mol. The SMILES string of the molecule is O=C(Nc1ccc2c(O)c(N=Nc3ccc(C(=O)O)cc3)c(S(=O)(=O)O)cc2c1)Nc1ccc2c(S(=O)(=O)O)c(N=Nc3ccccc3)c(O)cc2c1.OCCOCCN(CCOCCO)CCOCCO.[Na+]. The fourth-order valence-electron chi connectivity index (χ4n) is 6.60. The first-order chi connectivity index (χ1) is 34.4. The van der Waals surface area contributed by atoms with Crippen LogP contribution >= 0.6 is 0 Å². The zero-order chi connectivity index (χ0) is 52.3. The third-order valence-electron chi connectivity index (χ3n) is 9.91. The van der Waals surface area contributed by atoms with Crippen LogP contribution in [-0.2, 0) is 34.4 Å². The number of nitrogens with zero attached hydrogens (tertiary/aromatic N) is 5. The van der Waals surface area contributed by atoms with Gasteiger partial charge in [0, 0.05) is 41.8 Å². The summed E-state index contributed by atoms with van der Waals surface area (Å²) in [6, 6.07) is 22.7. The molecular formula is C46H51N7NaO17S2+. The van der Waals surface area contributed by atoms with E-state index in [2.05, 4.69) is 36.0 Å². The van der Waals surface area contributed by atoms with Gasteiger partial charge >= 0.3 is 41.6 Å². The molecule has 0 aliphatic carbocycles. The van der Waals surface area contributed by atoms with Crippen LogP contribution < -0.4 is 40.2 Å². The van der Waals surface area contributed by atoms with Gasteiger partial charge in [0.05, 0.1) is 76.4 Å². The van der Waals surface area contributed by atoms with Gasteiger partial charge in [0.15, 0.2) is 5.75 Å². The number of hydrogen-bond acceptors (Lipinski definition) is 19. The van der Waals surface area contributed by atoms with Crippen molar-refractivity contribution in [1.82, 2.24) is 4.90 Å². The van der Waals surface area contributed by atoms with Gasteiger partial charge in [-0.25, -0.2) is 9.59 Å². The minimum absolute atomic E-state index is 0. The molecule has 27 heteroatoms. The van der Waals surface area contributed by atoms with Crippen LogP contribution in [0, 0.1) is 0 Å². The Balaban J connectivity index is 0.000000491. The summed E-state index contributed by atoms with van der Waals surface area (Å²) in [4.78, 5) is 24.7. The van der Waals surface area contributed by atoms with Crippen LogP contribution in [0.3, 0.4) is 0 Å². The Kier molecular flexibility index (Phi) is 23.6. The second-order valence-corrected chi connectivity index (χ2v) is 17.7. The summed E-state index contributed by atoms with van der Waals surface area (Å²) in [6.45, 7) is 4.92. The molecule has 24 nitrogen and oxygen atoms in total. The fraction of sp³-hybridized carbons (Fsp3) is 0.261. The number of carbonyl (C=O) groups is 2. The van der Waals surface area contributed by atoms with Crippen molar-refractivity contribution >= 4 is 87.9 Å². The maximum atomic E-state index is 13.0. The predicted molar refractivity (Wildman–Crippen MR) is 262 cm³/mol. The van der Waals surface area contributed by atoms with Crippen LogP contribution in [0.15, 0.2) is 133 Å². The number of benzene rings is 6. The van der Waals surface area contributed by atoms with Crippen LogP contribution in [0.5, 0.6) is 11.5 Å². The molecule has 0 bridgehead atoms. The average Bonchev–Trinajstić information content (AvgIpc) is 3.34. The van der Waals surface area contributed by atoms with Crippen molar-refractivity contribution in [3.63, 3.8) is 0 Å². The van der Waals surface area contributed by atoms with E-state index in [1.54, 1.807) is 30.3 Å². The van der Waals surface area contributed by atoms with E-state index >= 15 is 0 Å². The fourth-order valence-corrected chi connectivity index (χ4v) is 8.11. The zero-order valence-electron chi connectivity index (χ0n) is 39.1. The predicted octanol–water partition coefficient (Wildman–Crippen LogP) is 3.39. The van der Waals surface area contributed by atoms with Crippen LogP contribution in [0.4, 0.5) is 38.9 Å². The summed E-state index contributed by atoms with van der Waals surface area (Å²) >= 11 is 0. The Morgan fingerprint density at radius 2 is 1.04 bits per heavy atom. The Morgan fingerprint density at radius 3 is 1.52 bits per heavy atom. The van der Waals surface area contributed by atoms with E-state index in [9.17, 15) is 45.7 Å². The van der Waals surface area contributed by atoms with Gasteiger partial charge in [-0.05, 0) is 89.6 Å². The number of amides is 2. The maximum Gasteiger partial charge on any atom is 1.00 e. The van der Waals surface area contributed by atoms with Crippen molar-refractivity contribution in [2.75, 3.05) is 89.7 Å². The number of aromatic carboxylic acids is 1. The van der Waals surface area contributed by atoms with E-state index in [4.69, 9.17) is 34.6 Å². The van der Waals surface area contributed by atoms with Crippen molar-refractivity contribution < 1.29 is 110 Å². The third kappa shape index (κ3) is 18.1. The molecule has 0 saturated heterocycles. The molecule has 6 aromatic carbocycles. The smallest absolute Gasteiger partial charge is 0.506 e. The number of carboxylic acids is 1. The van der Waals surface area contributed by atoms with E-state index in [-0.39, 0.29) is 93.5 Å². The summed E-state index contributed by atoms with van der Waals surface area (Å²) < 4.78 is 84.9. The summed E-state index contributed by atoms with van der Waals surface area (Å²) in [5, 5.41) is 77.2. The van der Waals surface area contributed by atoms with E-state index < -0.39 is 64.9 Å². The van der Waals surface area contributed by atoms with Gasteiger partial charge in [0.2, 0.25) is 0 Å². The summed E-state index contributed by atoms with van der Waals surface area (Å²) in [7, 11) is -9.91. The van der Waals surface area contributed by atoms with Crippen molar-refractivity contribution in [2.45, 2.75) is 9.79 Å². The minimum Gasteiger partial charge on any atom is -0.506 e. The largest absolute Gasteiger partial charge is 1.00 e. The van der Waals surface area contributed by atoms with Crippen LogP contribution in [0.1, 0.15) is 10.4 Å². The number of carboxylic acid groups (broad SMARTS) is 1. The van der Waals surface area contributed by atoms with Gasteiger partial charge in [-0.1, -0.05) is 24.3 Å². The van der Waals surface area contributed by atoms with Gasteiger partial charge in [0.1, 0.15) is 26.9 Å². The van der Waals surface area contributed by atoms with Crippen LogP contribution in [0.2, 0.25) is 0 Å². The Morgan fingerprint density at radius 1 is 0.562 bits per heavy atom. The molecule has 0 fully saturated rings. The molecule has 0 unspecified atom stereocenters. The number of aliphatic hydroxyl groups is 3. The number of fused-ring (bicyclic) bond motifs is 2. The van der Waals surface area contributed by atoms with E-state index in [1.165, 1.54) is 66.7 Å². The van der Waals surface area contributed by atoms with Crippen molar-refractivity contribution in [1.29, 1.82) is 0 Å². The quantitative estimate of drug-likeness (QED) is 0.0180. The molecule has 2 amide bonds. The molecule has 0 spiro atoms. The van der Waals surface area contributed by atoms with E-state index in [1.807, 2.05) is 0 Å². The van der Waals surface area contributed by atoms with Gasteiger partial charge in [-0.3, -0.25) is 14.0 Å². The molecule has 0 atom stereocenters. The first kappa shape index (κ1) is 59.5. The Bertz CT molecular complexity index is 3070. The van der Waals surface area contributed by atoms with Crippen molar-refractivity contribution in [2.24, 2.45) is 20.5 Å². The standard InChI is InChI=1S/C34H24N6O11S2.C12H27NO6.Na/c41-27-16-19-14-24(11-13-26(19)32(53(49,50)51)29(27)39-37-21-4-2-1-3-5-21)36-34(45)35-23-10-12-25-20(15-23)17-28(52(46,47)48)30(31(25)42)40-38-22-8-6-18(7-9-22)33(43)44;14-4-10-17-7-1-13(2-8-18-11-5-15)3-9-19-12-6-16;/h1-17,41-42H,(H,43,44)(H2,35,36,45)(H,46,47,48)(H,49,50,51);14-16H,1-12H2;/q;;+1. The van der Waals surface area contributed by atoms with Crippen LogP contribution in [0.25, 0.3) is 21.5 Å². The molecule has 0 heterocycles. The molecule has 10 N–H and O–H groups in total. The second-order valence-electron chi connectivity index (χ2n) is 15.0. The molecule has 73 heavy (non-hydrogen) atoms. The zero-order valence-corrected chi connectivity index (χ0v) is 42.7. The summed E-state index contributed by atoms with van der Waals surface area (Å²) in [6.07, 6.45) is 0. The first-order valence-electron chi connectivity index (χ1n) is 21.6. The molecule has 0 saturated carbocycles. The van der Waals surface area contributed by atoms with E-state index in [0.29, 0.717) is 45.3 Å². The van der Waals surface area contributed by atoms with Crippen molar-refractivity contribution in [3.05, 3.63) is 109 Å². The van der Waals surface area contributed by atoms with E-state index in [0.717, 1.165) is 25.7 Å². The number of phenols is 2. The van der Waals surface area contributed by atoms with Crippen LogP contribution in [-0.4, -0.2) is 153 Å². The van der Waals surface area contributed by atoms with Gasteiger partial charge in [0.25, 0.3) is 20.2 Å². The number of ether oxygens (including phenoxy) is 3. The number of hydrogen-bond donors (Lipinski definition) is 10. The topological polar surface area (TPSA) is 369 Å². The summed E-state index contributed by atoms with van der Waals surface area (Å²) in [5.74, 6) is -2.45. The number of urea groups is 1. The maximum absolute atomic E-state index is 13.0. The summed E-state index contributed by atoms with van der Waals surface area (Å²) in [5.41, 5.74) is -0.387. The van der Waals surface area contributed by atoms with Crippen molar-refractivity contribution in [3.8, 4) is 11.5 Å². The normalized spacial score (nSPS) is 11.8. The molecular weight excluding hydrogens is 1010 g/mol. The molecule has 6 rings (SSSR count). The minimum atomic E-state index is -4.97. The molecule has 0 aliphatic heterocycles. The molecule has 384 valence electrons. The van der Waals surface area contributed by atoms with Gasteiger partial charge < -0.3 is 55.5 Å². The van der Waals surface area contributed by atoms with Gasteiger partial charge in [-0.2, -0.15) is 27.1 Å². The first-order valence-corrected chi connectivity index (χ1v) is 24.4. The number of rotatable bonds is 24. The molecule has 0 aromatic heterocycles. The Labute approximate surface area is 440 Å². The molecule has 0 radical (unpaired) electrons. The molecule has 0 aliphatic rings. The molecule has 6 aromatic rings. The van der Waals surface area contributed by atoms with Gasteiger partial charge in [-0.15, -0.1) is 10.2 Å².